The minimum Gasteiger partial charge on any atom is -0.508 e. The van der Waals surface area contributed by atoms with Crippen molar-refractivity contribution in [2.45, 2.75) is 13.3 Å². The van der Waals surface area contributed by atoms with Crippen LogP contribution < -0.4 is 4.74 Å². The van der Waals surface area contributed by atoms with Crippen molar-refractivity contribution in [1.82, 2.24) is 0 Å². The second-order valence-corrected chi connectivity index (χ2v) is 3.52. The number of phenolic OH excluding ortho intramolecular Hbond substituents is 1. The zero-order valence-corrected chi connectivity index (χ0v) is 8.95. The van der Waals surface area contributed by atoms with E-state index in [1.54, 1.807) is 13.2 Å². The van der Waals surface area contributed by atoms with Crippen LogP contribution in [0.1, 0.15) is 12.5 Å². The van der Waals surface area contributed by atoms with E-state index in [9.17, 15) is 5.11 Å². The first-order valence-electron chi connectivity index (χ1n) is 5.05. The second-order valence-electron chi connectivity index (χ2n) is 3.52. The maximum Gasteiger partial charge on any atom is 0.126 e. The fourth-order valence-corrected chi connectivity index (χ4v) is 1.79. The highest BCUT2D eigenvalue weighted by molar-refractivity contribution is 5.90. The summed E-state index contributed by atoms with van der Waals surface area (Å²) in [6.07, 6.45) is 0.819. The number of rotatable bonds is 2. The summed E-state index contributed by atoms with van der Waals surface area (Å²) in [5, 5.41) is 11.8. The van der Waals surface area contributed by atoms with Gasteiger partial charge in [0.05, 0.1) is 7.11 Å². The number of aryl methyl sites for hydroxylation is 1. The highest BCUT2D eigenvalue weighted by atomic mass is 16.5. The number of hydrogen-bond acceptors (Lipinski definition) is 2. The van der Waals surface area contributed by atoms with Crippen LogP contribution in [0.2, 0.25) is 0 Å². The van der Waals surface area contributed by atoms with Crippen LogP contribution in [0.25, 0.3) is 10.8 Å². The van der Waals surface area contributed by atoms with E-state index in [0.717, 1.165) is 28.5 Å². The summed E-state index contributed by atoms with van der Waals surface area (Å²) in [5.74, 6) is 1.21. The molecule has 15 heavy (non-hydrogen) atoms. The van der Waals surface area contributed by atoms with Crippen LogP contribution in [-0.2, 0) is 6.42 Å². The Morgan fingerprint density at radius 3 is 2.73 bits per heavy atom. The van der Waals surface area contributed by atoms with E-state index >= 15 is 0 Å². The summed E-state index contributed by atoms with van der Waals surface area (Å²) in [6, 6.07) is 9.60. The fourth-order valence-electron chi connectivity index (χ4n) is 1.79. The maximum atomic E-state index is 9.73. The van der Waals surface area contributed by atoms with E-state index in [0.29, 0.717) is 5.75 Å². The molecule has 0 aliphatic rings. The third kappa shape index (κ3) is 1.63. The monoisotopic (exact) mass is 202 g/mol. The SMILES string of the molecule is CCc1cc2c(OC)cccc2cc1O. The first kappa shape index (κ1) is 9.84. The van der Waals surface area contributed by atoms with Gasteiger partial charge in [0.1, 0.15) is 11.5 Å². The topological polar surface area (TPSA) is 29.5 Å². The number of ether oxygens (including phenoxy) is 1. The predicted octanol–water partition coefficient (Wildman–Crippen LogP) is 3.12. The minimum atomic E-state index is 0.359. The van der Waals surface area contributed by atoms with Crippen LogP contribution >= 0.6 is 0 Å². The lowest BCUT2D eigenvalue weighted by Crippen LogP contribution is -1.87. The summed E-state index contributed by atoms with van der Waals surface area (Å²) in [7, 11) is 1.66. The van der Waals surface area contributed by atoms with Crippen LogP contribution in [0.4, 0.5) is 0 Å². The normalized spacial score (nSPS) is 10.5. The van der Waals surface area contributed by atoms with E-state index in [1.807, 2.05) is 31.2 Å². The highest BCUT2D eigenvalue weighted by Gasteiger charge is 2.05. The number of fused-ring (bicyclic) bond motifs is 1. The molecule has 0 unspecified atom stereocenters. The largest absolute Gasteiger partial charge is 0.508 e. The summed E-state index contributed by atoms with van der Waals surface area (Å²) in [6.45, 7) is 2.02. The lowest BCUT2D eigenvalue weighted by Gasteiger charge is -2.08. The molecule has 2 nitrogen and oxygen atoms in total. The molecular weight excluding hydrogens is 188 g/mol. The molecule has 0 spiro atoms. The first-order valence-corrected chi connectivity index (χ1v) is 5.05. The van der Waals surface area contributed by atoms with Crippen molar-refractivity contribution < 1.29 is 9.84 Å². The number of benzene rings is 2. The smallest absolute Gasteiger partial charge is 0.126 e. The summed E-state index contributed by atoms with van der Waals surface area (Å²) >= 11 is 0. The maximum absolute atomic E-state index is 9.73. The highest BCUT2D eigenvalue weighted by Crippen LogP contribution is 2.31. The summed E-state index contributed by atoms with van der Waals surface area (Å²) in [4.78, 5) is 0. The Bertz CT molecular complexity index is 489. The average molecular weight is 202 g/mol. The Kier molecular flexibility index (Phi) is 2.50. The van der Waals surface area contributed by atoms with Gasteiger partial charge < -0.3 is 9.84 Å². The van der Waals surface area contributed by atoms with Crippen LogP contribution in [0.3, 0.4) is 0 Å². The van der Waals surface area contributed by atoms with Crippen LogP contribution in [0.15, 0.2) is 30.3 Å². The van der Waals surface area contributed by atoms with Crippen molar-refractivity contribution >= 4 is 10.8 Å². The Morgan fingerprint density at radius 1 is 1.27 bits per heavy atom. The van der Waals surface area contributed by atoms with E-state index in [1.165, 1.54) is 0 Å². The molecule has 2 heteroatoms. The standard InChI is InChI=1S/C13H14O2/c1-3-9-7-11-10(8-12(9)14)5-4-6-13(11)15-2/h4-8,14H,3H2,1-2H3. The molecule has 0 saturated heterocycles. The number of phenols is 1. The van der Waals surface area contributed by atoms with Gasteiger partial charge in [-0.2, -0.15) is 0 Å². The van der Waals surface area contributed by atoms with Crippen molar-refractivity contribution in [3.8, 4) is 11.5 Å². The molecule has 0 aliphatic heterocycles. The fraction of sp³-hybridized carbons (Fsp3) is 0.231. The van der Waals surface area contributed by atoms with Gasteiger partial charge >= 0.3 is 0 Å². The van der Waals surface area contributed by atoms with Gasteiger partial charge in [-0.1, -0.05) is 19.1 Å². The Balaban J connectivity index is 2.76. The third-order valence-electron chi connectivity index (χ3n) is 2.64. The molecule has 2 rings (SSSR count). The summed E-state index contributed by atoms with van der Waals surface area (Å²) in [5.41, 5.74) is 0.951. The van der Waals surface area contributed by atoms with E-state index in [2.05, 4.69) is 0 Å². The zero-order valence-electron chi connectivity index (χ0n) is 8.95. The van der Waals surface area contributed by atoms with Gasteiger partial charge in [-0.05, 0) is 35.6 Å². The van der Waals surface area contributed by atoms with Gasteiger partial charge in [-0.25, -0.2) is 0 Å². The van der Waals surface area contributed by atoms with Crippen molar-refractivity contribution in [3.63, 3.8) is 0 Å². The Morgan fingerprint density at radius 2 is 2.07 bits per heavy atom. The second kappa shape index (κ2) is 3.81. The molecule has 0 amide bonds. The van der Waals surface area contributed by atoms with Crippen LogP contribution in [-0.4, -0.2) is 12.2 Å². The minimum absolute atomic E-state index is 0.359. The molecule has 1 N–H and O–H groups in total. The van der Waals surface area contributed by atoms with Gasteiger partial charge in [0, 0.05) is 5.39 Å². The summed E-state index contributed by atoms with van der Waals surface area (Å²) < 4.78 is 5.29. The number of aromatic hydroxyl groups is 1. The van der Waals surface area contributed by atoms with Crippen LogP contribution in [0, 0.1) is 0 Å². The van der Waals surface area contributed by atoms with Gasteiger partial charge in [0.25, 0.3) is 0 Å². The molecule has 0 fully saturated rings. The van der Waals surface area contributed by atoms with E-state index in [-0.39, 0.29) is 0 Å². The molecule has 0 heterocycles. The molecule has 0 aliphatic carbocycles. The number of hydrogen-bond donors (Lipinski definition) is 1. The third-order valence-corrected chi connectivity index (χ3v) is 2.64. The molecule has 0 atom stereocenters. The van der Waals surface area contributed by atoms with Gasteiger partial charge in [0.2, 0.25) is 0 Å². The molecule has 0 aromatic heterocycles. The molecule has 2 aromatic carbocycles. The zero-order chi connectivity index (χ0) is 10.8. The lowest BCUT2D eigenvalue weighted by atomic mass is 10.0. The van der Waals surface area contributed by atoms with E-state index < -0.39 is 0 Å². The lowest BCUT2D eigenvalue weighted by molar-refractivity contribution is 0.419. The van der Waals surface area contributed by atoms with Gasteiger partial charge in [0.15, 0.2) is 0 Å². The molecular formula is C13H14O2. The van der Waals surface area contributed by atoms with E-state index in [4.69, 9.17) is 4.74 Å². The molecule has 0 radical (unpaired) electrons. The average Bonchev–Trinajstić information content (AvgIpc) is 2.27. The molecule has 0 saturated carbocycles. The Labute approximate surface area is 89.1 Å². The van der Waals surface area contributed by atoms with Crippen molar-refractivity contribution in [3.05, 3.63) is 35.9 Å². The van der Waals surface area contributed by atoms with Crippen molar-refractivity contribution in [1.29, 1.82) is 0 Å². The molecule has 2 aromatic rings. The van der Waals surface area contributed by atoms with Gasteiger partial charge in [-0.15, -0.1) is 0 Å². The van der Waals surface area contributed by atoms with Crippen LogP contribution in [0.5, 0.6) is 11.5 Å². The quantitative estimate of drug-likeness (QED) is 0.810. The van der Waals surface area contributed by atoms with Gasteiger partial charge in [-0.3, -0.25) is 0 Å². The van der Waals surface area contributed by atoms with Crippen molar-refractivity contribution in [2.24, 2.45) is 0 Å². The Hall–Kier alpha value is -1.70. The molecule has 78 valence electrons. The number of methoxy groups -OCH3 is 1. The van der Waals surface area contributed by atoms with Crippen molar-refractivity contribution in [2.75, 3.05) is 7.11 Å². The molecule has 0 bridgehead atoms. The first-order chi connectivity index (χ1) is 7.26. The predicted molar refractivity (Wildman–Crippen MR) is 61.5 cm³/mol.